The number of likely N-dealkylation sites (tertiary alicyclic amines) is 1. The molecular formula is C14H27N3O. The Kier molecular flexibility index (Phi) is 5.01. The third kappa shape index (κ3) is 3.69. The molecule has 0 unspecified atom stereocenters. The predicted octanol–water partition coefficient (Wildman–Crippen LogP) is 0.690. The first-order valence-electron chi connectivity index (χ1n) is 7.37. The summed E-state index contributed by atoms with van der Waals surface area (Å²) in [5, 5.41) is 6.37. The van der Waals surface area contributed by atoms with Crippen LogP contribution in [0.2, 0.25) is 0 Å². The topological polar surface area (TPSA) is 44.4 Å². The maximum absolute atomic E-state index is 12.0. The Labute approximate surface area is 110 Å². The molecule has 0 aromatic carbocycles. The van der Waals surface area contributed by atoms with E-state index in [-0.39, 0.29) is 11.8 Å². The van der Waals surface area contributed by atoms with Crippen LogP contribution in [0, 0.1) is 17.8 Å². The van der Waals surface area contributed by atoms with E-state index in [0.717, 1.165) is 32.1 Å². The van der Waals surface area contributed by atoms with Crippen molar-refractivity contribution >= 4 is 5.91 Å². The second kappa shape index (κ2) is 6.53. The van der Waals surface area contributed by atoms with Crippen molar-refractivity contribution in [2.45, 2.75) is 26.7 Å². The van der Waals surface area contributed by atoms with Gasteiger partial charge in [0.15, 0.2) is 0 Å². The van der Waals surface area contributed by atoms with E-state index in [0.29, 0.717) is 5.92 Å². The van der Waals surface area contributed by atoms with Crippen molar-refractivity contribution in [1.82, 2.24) is 15.5 Å². The number of amides is 1. The molecular weight excluding hydrogens is 226 g/mol. The van der Waals surface area contributed by atoms with Crippen LogP contribution in [-0.4, -0.2) is 50.1 Å². The Hall–Kier alpha value is -0.610. The highest BCUT2D eigenvalue weighted by atomic mass is 16.1. The first-order valence-corrected chi connectivity index (χ1v) is 7.37. The van der Waals surface area contributed by atoms with Crippen molar-refractivity contribution in [3.8, 4) is 0 Å². The van der Waals surface area contributed by atoms with Gasteiger partial charge in [0.05, 0.1) is 5.92 Å². The van der Waals surface area contributed by atoms with Crippen LogP contribution in [0.1, 0.15) is 26.7 Å². The fourth-order valence-corrected chi connectivity index (χ4v) is 2.92. The highest BCUT2D eigenvalue weighted by Crippen LogP contribution is 2.16. The monoisotopic (exact) mass is 253 g/mol. The molecule has 2 saturated heterocycles. The van der Waals surface area contributed by atoms with Crippen molar-refractivity contribution in [3.63, 3.8) is 0 Å². The molecule has 18 heavy (non-hydrogen) atoms. The molecule has 0 aromatic rings. The maximum Gasteiger partial charge on any atom is 0.224 e. The van der Waals surface area contributed by atoms with Gasteiger partial charge in [0.2, 0.25) is 5.91 Å². The highest BCUT2D eigenvalue weighted by molar-refractivity contribution is 5.79. The average molecular weight is 253 g/mol. The fourth-order valence-electron chi connectivity index (χ4n) is 2.92. The molecule has 1 amide bonds. The lowest BCUT2D eigenvalue weighted by Crippen LogP contribution is -2.41. The van der Waals surface area contributed by atoms with Crippen LogP contribution in [0.15, 0.2) is 0 Å². The van der Waals surface area contributed by atoms with Crippen LogP contribution >= 0.6 is 0 Å². The first kappa shape index (κ1) is 13.8. The molecule has 2 aliphatic heterocycles. The van der Waals surface area contributed by atoms with Gasteiger partial charge in [-0.3, -0.25) is 4.79 Å². The van der Waals surface area contributed by atoms with E-state index >= 15 is 0 Å². The number of carbonyl (C=O) groups is 1. The molecule has 2 heterocycles. The lowest BCUT2D eigenvalue weighted by Gasteiger charge is -2.30. The van der Waals surface area contributed by atoms with Gasteiger partial charge in [-0.2, -0.15) is 0 Å². The molecule has 2 aliphatic rings. The van der Waals surface area contributed by atoms with E-state index in [9.17, 15) is 4.79 Å². The summed E-state index contributed by atoms with van der Waals surface area (Å²) in [5.41, 5.74) is 0. The van der Waals surface area contributed by atoms with Crippen LogP contribution in [0.3, 0.4) is 0 Å². The van der Waals surface area contributed by atoms with E-state index in [1.54, 1.807) is 0 Å². The van der Waals surface area contributed by atoms with Crippen LogP contribution in [0.25, 0.3) is 0 Å². The van der Waals surface area contributed by atoms with Gasteiger partial charge in [-0.1, -0.05) is 13.8 Å². The fraction of sp³-hybridized carbons (Fsp3) is 0.929. The van der Waals surface area contributed by atoms with Crippen LogP contribution in [-0.2, 0) is 4.79 Å². The van der Waals surface area contributed by atoms with Crippen molar-refractivity contribution in [1.29, 1.82) is 0 Å². The molecule has 0 spiro atoms. The molecule has 0 bridgehead atoms. The summed E-state index contributed by atoms with van der Waals surface area (Å²) < 4.78 is 0. The van der Waals surface area contributed by atoms with Crippen molar-refractivity contribution in [2.75, 3.05) is 39.3 Å². The van der Waals surface area contributed by atoms with Gasteiger partial charge in [-0.25, -0.2) is 0 Å². The molecule has 4 nitrogen and oxygen atoms in total. The molecule has 2 fully saturated rings. The summed E-state index contributed by atoms with van der Waals surface area (Å²) in [4.78, 5) is 14.4. The van der Waals surface area contributed by atoms with Gasteiger partial charge in [-0.05, 0) is 44.3 Å². The van der Waals surface area contributed by atoms with Crippen molar-refractivity contribution in [2.24, 2.45) is 17.8 Å². The number of hydrogen-bond acceptors (Lipinski definition) is 3. The van der Waals surface area contributed by atoms with Gasteiger partial charge in [-0.15, -0.1) is 0 Å². The number of rotatable bonds is 4. The predicted molar refractivity (Wildman–Crippen MR) is 73.4 cm³/mol. The van der Waals surface area contributed by atoms with Gasteiger partial charge in [0.25, 0.3) is 0 Å². The second-order valence-electron chi connectivity index (χ2n) is 6.06. The first-order chi connectivity index (χ1) is 8.66. The zero-order valence-corrected chi connectivity index (χ0v) is 11.7. The molecule has 0 aromatic heterocycles. The van der Waals surface area contributed by atoms with Gasteiger partial charge in [0, 0.05) is 19.6 Å². The molecule has 0 aliphatic carbocycles. The van der Waals surface area contributed by atoms with Gasteiger partial charge >= 0.3 is 0 Å². The number of nitrogens with zero attached hydrogens (tertiary/aromatic N) is 1. The number of piperidine rings is 1. The largest absolute Gasteiger partial charge is 0.355 e. The lowest BCUT2D eigenvalue weighted by molar-refractivity contribution is -0.125. The quantitative estimate of drug-likeness (QED) is 0.775. The highest BCUT2D eigenvalue weighted by Gasteiger charge is 2.29. The van der Waals surface area contributed by atoms with Crippen molar-refractivity contribution in [3.05, 3.63) is 0 Å². The van der Waals surface area contributed by atoms with Crippen LogP contribution in [0.5, 0.6) is 0 Å². The minimum atomic E-state index is 0.173. The summed E-state index contributed by atoms with van der Waals surface area (Å²) in [7, 11) is 0. The van der Waals surface area contributed by atoms with E-state index in [1.807, 2.05) is 0 Å². The summed E-state index contributed by atoms with van der Waals surface area (Å²) in [6.07, 6.45) is 2.61. The summed E-state index contributed by atoms with van der Waals surface area (Å²) in [6, 6.07) is 0. The third-order valence-electron chi connectivity index (χ3n) is 4.46. The number of hydrogen-bond donors (Lipinski definition) is 2. The Morgan fingerprint density at radius 3 is 2.61 bits per heavy atom. The van der Waals surface area contributed by atoms with E-state index in [1.165, 1.54) is 25.9 Å². The Balaban J connectivity index is 1.61. The SMILES string of the molecule is CC1CCN(CCNC(=O)[C@@H]2CNC[C@H]2C)CC1. The van der Waals surface area contributed by atoms with Crippen LogP contribution in [0.4, 0.5) is 0 Å². The smallest absolute Gasteiger partial charge is 0.224 e. The van der Waals surface area contributed by atoms with Gasteiger partial charge < -0.3 is 15.5 Å². The Bertz CT molecular complexity index is 274. The molecule has 0 radical (unpaired) electrons. The van der Waals surface area contributed by atoms with E-state index in [2.05, 4.69) is 29.4 Å². The molecule has 4 heteroatoms. The number of nitrogens with one attached hydrogen (secondary N) is 2. The third-order valence-corrected chi connectivity index (χ3v) is 4.46. The lowest BCUT2D eigenvalue weighted by atomic mass is 9.97. The molecule has 104 valence electrons. The normalized spacial score (nSPS) is 30.6. The van der Waals surface area contributed by atoms with Crippen LogP contribution < -0.4 is 10.6 Å². The zero-order valence-electron chi connectivity index (χ0n) is 11.7. The summed E-state index contributed by atoms with van der Waals surface area (Å²) >= 11 is 0. The molecule has 2 N–H and O–H groups in total. The Morgan fingerprint density at radius 2 is 2.00 bits per heavy atom. The van der Waals surface area contributed by atoms with E-state index < -0.39 is 0 Å². The zero-order chi connectivity index (χ0) is 13.0. The average Bonchev–Trinajstić information content (AvgIpc) is 2.78. The standard InChI is InChI=1S/C14H27N3O/c1-11-3-6-17(7-4-11)8-5-16-14(18)13-10-15-9-12(13)2/h11-13,15H,3-10H2,1-2H3,(H,16,18)/t12-,13-/m1/s1. The minimum absolute atomic E-state index is 0.173. The summed E-state index contributed by atoms with van der Waals surface area (Å²) in [5.74, 6) is 1.76. The molecule has 2 atom stereocenters. The maximum atomic E-state index is 12.0. The van der Waals surface area contributed by atoms with Gasteiger partial charge in [0.1, 0.15) is 0 Å². The second-order valence-corrected chi connectivity index (χ2v) is 6.06. The number of carbonyl (C=O) groups excluding carboxylic acids is 1. The summed E-state index contributed by atoms with van der Waals surface area (Å²) in [6.45, 7) is 10.5. The molecule has 0 saturated carbocycles. The van der Waals surface area contributed by atoms with Crippen molar-refractivity contribution < 1.29 is 4.79 Å². The minimum Gasteiger partial charge on any atom is -0.355 e. The van der Waals surface area contributed by atoms with E-state index in [4.69, 9.17) is 0 Å². The Morgan fingerprint density at radius 1 is 1.28 bits per heavy atom. The molecule has 2 rings (SSSR count).